The van der Waals surface area contributed by atoms with Crippen LogP contribution in [0.4, 0.5) is 0 Å². The monoisotopic (exact) mass is 414 g/mol. The first-order valence-electron chi connectivity index (χ1n) is 12.1. The summed E-state index contributed by atoms with van der Waals surface area (Å²) in [5, 5.41) is 28.7. The van der Waals surface area contributed by atoms with Crippen molar-refractivity contribution in [2.75, 3.05) is 19.8 Å². The van der Waals surface area contributed by atoms with Gasteiger partial charge in [-0.3, -0.25) is 0 Å². The predicted octanol–water partition coefficient (Wildman–Crippen LogP) is 4.52. The molecule has 5 heteroatoms. The molecule has 5 nitrogen and oxygen atoms in total. The maximum Gasteiger partial charge on any atom is 0.114 e. The maximum absolute atomic E-state index is 9.89. The Balaban J connectivity index is 1.86. The first kappa shape index (κ1) is 26.6. The predicted molar refractivity (Wildman–Crippen MR) is 118 cm³/mol. The molecule has 0 bridgehead atoms. The fourth-order valence-electron chi connectivity index (χ4n) is 3.83. The van der Waals surface area contributed by atoms with E-state index in [1.807, 2.05) is 0 Å². The average molecular weight is 415 g/mol. The lowest BCUT2D eigenvalue weighted by atomic mass is 10.1. The molecule has 1 rings (SSSR count). The molecule has 0 spiro atoms. The van der Waals surface area contributed by atoms with Gasteiger partial charge in [0, 0.05) is 6.61 Å². The van der Waals surface area contributed by atoms with Crippen molar-refractivity contribution in [3.63, 3.8) is 0 Å². The molecular formula is C24H46O5. The third-order valence-corrected chi connectivity index (χ3v) is 5.70. The van der Waals surface area contributed by atoms with Gasteiger partial charge in [0.1, 0.15) is 24.4 Å². The molecule has 1 aliphatic heterocycles. The molecular weight excluding hydrogens is 368 g/mol. The molecule has 0 aromatic carbocycles. The minimum Gasteiger partial charge on any atom is -0.394 e. The Morgan fingerprint density at radius 3 is 2.03 bits per heavy atom. The van der Waals surface area contributed by atoms with Crippen LogP contribution in [-0.4, -0.2) is 59.6 Å². The van der Waals surface area contributed by atoms with E-state index in [-0.39, 0.29) is 13.2 Å². The van der Waals surface area contributed by atoms with Crippen molar-refractivity contribution >= 4 is 0 Å². The zero-order valence-corrected chi connectivity index (χ0v) is 18.6. The molecule has 0 unspecified atom stereocenters. The molecule has 1 saturated heterocycles. The highest BCUT2D eigenvalue weighted by atomic mass is 16.6. The van der Waals surface area contributed by atoms with Crippen molar-refractivity contribution in [2.24, 2.45) is 0 Å². The summed E-state index contributed by atoms with van der Waals surface area (Å²) in [6.45, 7) is 2.59. The molecule has 4 atom stereocenters. The fraction of sp³-hybridized carbons (Fsp3) is 0.917. The van der Waals surface area contributed by atoms with Gasteiger partial charge in [0.15, 0.2) is 0 Å². The molecule has 29 heavy (non-hydrogen) atoms. The summed E-state index contributed by atoms with van der Waals surface area (Å²) in [4.78, 5) is 0. The minimum atomic E-state index is -1.00. The topological polar surface area (TPSA) is 79.2 Å². The Hall–Kier alpha value is -0.460. The van der Waals surface area contributed by atoms with Gasteiger partial charge >= 0.3 is 0 Å². The van der Waals surface area contributed by atoms with E-state index in [1.165, 1.54) is 77.0 Å². The summed E-state index contributed by atoms with van der Waals surface area (Å²) in [6.07, 6.45) is 19.5. The number of hydrogen-bond acceptors (Lipinski definition) is 5. The second-order valence-corrected chi connectivity index (χ2v) is 8.39. The number of rotatable bonds is 19. The molecule has 3 N–H and O–H groups in total. The second kappa shape index (κ2) is 18.3. The van der Waals surface area contributed by atoms with E-state index < -0.39 is 24.4 Å². The van der Waals surface area contributed by atoms with Crippen molar-refractivity contribution in [3.05, 3.63) is 12.2 Å². The van der Waals surface area contributed by atoms with Crippen molar-refractivity contribution in [2.45, 2.75) is 121 Å². The summed E-state index contributed by atoms with van der Waals surface area (Å²) >= 11 is 0. The van der Waals surface area contributed by atoms with Gasteiger partial charge in [-0.25, -0.2) is 0 Å². The van der Waals surface area contributed by atoms with Crippen LogP contribution >= 0.6 is 0 Å². The summed E-state index contributed by atoms with van der Waals surface area (Å²) in [6, 6.07) is 0. The lowest BCUT2D eigenvalue weighted by Gasteiger charge is -2.23. The molecule has 0 saturated carbocycles. The SMILES string of the molecule is CCCCCC/C=C/CCCCCCCCCCO[C@@H]1[C@H]([C@@H](O)CO)OC[C@H]1O. The minimum absolute atomic E-state index is 0.154. The van der Waals surface area contributed by atoms with E-state index in [2.05, 4.69) is 19.1 Å². The van der Waals surface area contributed by atoms with Crippen LogP contribution in [0.1, 0.15) is 96.8 Å². The average Bonchev–Trinajstić information content (AvgIpc) is 3.10. The molecule has 1 fully saturated rings. The van der Waals surface area contributed by atoms with Crippen LogP contribution in [0.15, 0.2) is 12.2 Å². The largest absolute Gasteiger partial charge is 0.394 e. The zero-order valence-electron chi connectivity index (χ0n) is 18.6. The number of aliphatic hydroxyl groups excluding tert-OH is 3. The number of ether oxygens (including phenoxy) is 2. The Labute approximate surface area is 178 Å². The van der Waals surface area contributed by atoms with Crippen molar-refractivity contribution in [3.8, 4) is 0 Å². The lowest BCUT2D eigenvalue weighted by molar-refractivity contribution is -0.0938. The molecule has 172 valence electrons. The van der Waals surface area contributed by atoms with Crippen LogP contribution in [0.3, 0.4) is 0 Å². The first-order chi connectivity index (χ1) is 14.2. The number of unbranched alkanes of at least 4 members (excludes halogenated alkanes) is 12. The maximum atomic E-state index is 9.89. The molecule has 0 aromatic rings. The Bertz CT molecular complexity index is 387. The summed E-state index contributed by atoms with van der Waals surface area (Å²) in [7, 11) is 0. The molecule has 0 aliphatic carbocycles. The standard InChI is InChI=1S/C24H46O5/c1-2-3-4-5-6-7-8-9-10-11-12-13-14-15-16-17-18-28-24-22(27)20-29-23(24)21(26)19-25/h7-8,21-27H,2-6,9-20H2,1H3/b8-7+/t21-,22+,23-,24-/m0/s1. The fourth-order valence-corrected chi connectivity index (χ4v) is 3.83. The highest BCUT2D eigenvalue weighted by Crippen LogP contribution is 2.21. The highest BCUT2D eigenvalue weighted by molar-refractivity contribution is 4.89. The van der Waals surface area contributed by atoms with Gasteiger partial charge < -0.3 is 24.8 Å². The van der Waals surface area contributed by atoms with E-state index in [4.69, 9.17) is 14.6 Å². The summed E-state index contributed by atoms with van der Waals surface area (Å²) in [5.41, 5.74) is 0. The molecule has 0 aromatic heterocycles. The highest BCUT2D eigenvalue weighted by Gasteiger charge is 2.40. The van der Waals surface area contributed by atoms with Crippen LogP contribution in [0.2, 0.25) is 0 Å². The lowest BCUT2D eigenvalue weighted by Crippen LogP contribution is -2.42. The van der Waals surface area contributed by atoms with E-state index in [1.54, 1.807) is 0 Å². The van der Waals surface area contributed by atoms with E-state index >= 15 is 0 Å². The van der Waals surface area contributed by atoms with E-state index in [0.717, 1.165) is 12.8 Å². The number of hydrogen-bond donors (Lipinski definition) is 3. The van der Waals surface area contributed by atoms with E-state index in [0.29, 0.717) is 6.61 Å². The Morgan fingerprint density at radius 2 is 1.45 bits per heavy atom. The summed E-state index contributed by atoms with van der Waals surface area (Å²) < 4.78 is 11.0. The smallest absolute Gasteiger partial charge is 0.114 e. The van der Waals surface area contributed by atoms with Gasteiger partial charge in [-0.2, -0.15) is 0 Å². The van der Waals surface area contributed by atoms with Crippen LogP contribution in [0.25, 0.3) is 0 Å². The van der Waals surface area contributed by atoms with Crippen LogP contribution in [0.5, 0.6) is 0 Å². The van der Waals surface area contributed by atoms with Crippen molar-refractivity contribution in [1.29, 1.82) is 0 Å². The van der Waals surface area contributed by atoms with Gasteiger partial charge in [0.2, 0.25) is 0 Å². The molecule has 0 radical (unpaired) electrons. The van der Waals surface area contributed by atoms with Gasteiger partial charge in [-0.05, 0) is 32.1 Å². The van der Waals surface area contributed by atoms with Gasteiger partial charge in [0.05, 0.1) is 13.2 Å². The molecule has 0 amide bonds. The second-order valence-electron chi connectivity index (χ2n) is 8.39. The van der Waals surface area contributed by atoms with Gasteiger partial charge in [0.25, 0.3) is 0 Å². The Kier molecular flexibility index (Phi) is 16.8. The van der Waals surface area contributed by atoms with Crippen LogP contribution < -0.4 is 0 Å². The summed E-state index contributed by atoms with van der Waals surface area (Å²) in [5.74, 6) is 0. The Morgan fingerprint density at radius 1 is 0.897 bits per heavy atom. The quantitative estimate of drug-likeness (QED) is 0.214. The molecule has 1 aliphatic rings. The van der Waals surface area contributed by atoms with Gasteiger partial charge in [-0.1, -0.05) is 76.9 Å². The number of aliphatic hydroxyl groups is 3. The molecule has 1 heterocycles. The van der Waals surface area contributed by atoms with Crippen molar-refractivity contribution in [1.82, 2.24) is 0 Å². The number of allylic oxidation sites excluding steroid dienone is 2. The third kappa shape index (κ3) is 12.7. The van der Waals surface area contributed by atoms with Crippen LogP contribution in [0, 0.1) is 0 Å². The van der Waals surface area contributed by atoms with E-state index in [9.17, 15) is 10.2 Å². The third-order valence-electron chi connectivity index (χ3n) is 5.70. The normalized spacial score (nSPS) is 23.2. The first-order valence-corrected chi connectivity index (χ1v) is 12.1. The van der Waals surface area contributed by atoms with Crippen LogP contribution in [-0.2, 0) is 9.47 Å². The van der Waals surface area contributed by atoms with Crippen molar-refractivity contribution < 1.29 is 24.8 Å². The zero-order chi connectivity index (χ0) is 21.2. The van der Waals surface area contributed by atoms with Gasteiger partial charge in [-0.15, -0.1) is 0 Å².